The zero-order valence-corrected chi connectivity index (χ0v) is 13.9. The topological polar surface area (TPSA) is 82.5 Å². The van der Waals surface area contributed by atoms with Gasteiger partial charge < -0.3 is 5.11 Å². The fourth-order valence-electron chi connectivity index (χ4n) is 2.34. The number of hydrogen-bond acceptors (Lipinski definition) is 6. The van der Waals surface area contributed by atoms with E-state index >= 15 is 0 Å². The molecule has 1 aromatic heterocycles. The minimum atomic E-state index is -0.110. The van der Waals surface area contributed by atoms with Gasteiger partial charge in [0.15, 0.2) is 0 Å². The van der Waals surface area contributed by atoms with Crippen molar-refractivity contribution in [1.29, 1.82) is 0 Å². The molecule has 0 fully saturated rings. The summed E-state index contributed by atoms with van der Waals surface area (Å²) in [5.41, 5.74) is 4.63. The second-order valence-corrected chi connectivity index (χ2v) is 5.97. The van der Waals surface area contributed by atoms with E-state index in [1.54, 1.807) is 0 Å². The molecule has 1 heterocycles. The van der Waals surface area contributed by atoms with E-state index in [-0.39, 0.29) is 6.61 Å². The van der Waals surface area contributed by atoms with E-state index in [4.69, 9.17) is 5.90 Å². The molecule has 0 amide bonds. The molecule has 7 heteroatoms. The van der Waals surface area contributed by atoms with E-state index in [0.717, 1.165) is 33.9 Å². The third kappa shape index (κ3) is 3.66. The van der Waals surface area contributed by atoms with Crippen LogP contribution >= 0.6 is 12.0 Å². The van der Waals surface area contributed by atoms with Crippen molar-refractivity contribution < 1.29 is 14.4 Å². The van der Waals surface area contributed by atoms with E-state index in [0.29, 0.717) is 5.69 Å². The van der Waals surface area contributed by atoms with E-state index < -0.39 is 0 Å². The number of aliphatic hydroxyl groups excluding tert-OH is 1. The SMILES string of the molecule is Cc1ccc(-c2cc(CO)nn2-c2ccc(SOON)cc2)cc1. The molecule has 0 saturated carbocycles. The second kappa shape index (κ2) is 7.61. The Morgan fingerprint density at radius 2 is 1.83 bits per heavy atom. The van der Waals surface area contributed by atoms with Gasteiger partial charge in [0.1, 0.15) is 0 Å². The first-order chi connectivity index (χ1) is 11.7. The summed E-state index contributed by atoms with van der Waals surface area (Å²) in [5, 5.41) is 13.9. The van der Waals surface area contributed by atoms with Gasteiger partial charge in [0, 0.05) is 10.5 Å². The van der Waals surface area contributed by atoms with E-state index in [9.17, 15) is 5.11 Å². The highest BCUT2D eigenvalue weighted by atomic mass is 32.2. The maximum absolute atomic E-state index is 9.43. The summed E-state index contributed by atoms with van der Waals surface area (Å²) < 4.78 is 6.44. The fraction of sp³-hybridized carbons (Fsp3) is 0.118. The zero-order valence-electron chi connectivity index (χ0n) is 13.0. The molecule has 24 heavy (non-hydrogen) atoms. The lowest BCUT2D eigenvalue weighted by Crippen LogP contribution is -2.00. The molecule has 124 valence electrons. The number of aliphatic hydroxyl groups is 1. The van der Waals surface area contributed by atoms with Gasteiger partial charge in [-0.25, -0.2) is 4.68 Å². The highest BCUT2D eigenvalue weighted by molar-refractivity contribution is 7.94. The smallest absolute Gasteiger partial charge is 0.0889 e. The minimum Gasteiger partial charge on any atom is -0.390 e. The molecule has 0 aliphatic rings. The molecule has 0 bridgehead atoms. The molecule has 0 radical (unpaired) electrons. The van der Waals surface area contributed by atoms with Gasteiger partial charge in [-0.1, -0.05) is 29.8 Å². The number of benzene rings is 2. The van der Waals surface area contributed by atoms with Gasteiger partial charge in [0.25, 0.3) is 0 Å². The predicted molar refractivity (Wildman–Crippen MR) is 91.9 cm³/mol. The first-order valence-electron chi connectivity index (χ1n) is 7.28. The molecule has 0 unspecified atom stereocenters. The van der Waals surface area contributed by atoms with Crippen molar-refractivity contribution in [3.63, 3.8) is 0 Å². The van der Waals surface area contributed by atoms with Gasteiger partial charge in [-0.3, -0.25) is 0 Å². The monoisotopic (exact) mass is 343 g/mol. The van der Waals surface area contributed by atoms with Crippen molar-refractivity contribution >= 4 is 12.0 Å². The Bertz CT molecular complexity index is 801. The molecule has 3 aromatic rings. The third-order valence-electron chi connectivity index (χ3n) is 3.52. The molecule has 0 aliphatic carbocycles. The molecule has 0 aliphatic heterocycles. The van der Waals surface area contributed by atoms with Crippen molar-refractivity contribution in [2.75, 3.05) is 0 Å². The second-order valence-electron chi connectivity index (χ2n) is 5.20. The fourth-order valence-corrected chi connectivity index (χ4v) is 2.70. The van der Waals surface area contributed by atoms with Gasteiger partial charge in [-0.2, -0.15) is 11.0 Å². The molecule has 3 N–H and O–H groups in total. The summed E-state index contributed by atoms with van der Waals surface area (Å²) >= 11 is 1.02. The Hall–Kier alpha value is -2.16. The van der Waals surface area contributed by atoms with Crippen molar-refractivity contribution in [2.24, 2.45) is 5.90 Å². The lowest BCUT2D eigenvalue weighted by Gasteiger charge is -2.08. The van der Waals surface area contributed by atoms with E-state index in [1.807, 2.05) is 54.1 Å². The van der Waals surface area contributed by atoms with Crippen molar-refractivity contribution in [1.82, 2.24) is 9.78 Å². The van der Waals surface area contributed by atoms with Crippen molar-refractivity contribution in [3.05, 3.63) is 65.9 Å². The first kappa shape index (κ1) is 16.7. The van der Waals surface area contributed by atoms with Crippen LogP contribution in [0.3, 0.4) is 0 Å². The maximum Gasteiger partial charge on any atom is 0.0889 e. The van der Waals surface area contributed by atoms with Crippen LogP contribution in [-0.2, 0) is 15.9 Å². The Morgan fingerprint density at radius 1 is 1.12 bits per heavy atom. The summed E-state index contributed by atoms with van der Waals surface area (Å²) in [7, 11) is 0. The Balaban J connectivity index is 1.97. The predicted octanol–water partition coefficient (Wildman–Crippen LogP) is 3.17. The van der Waals surface area contributed by atoms with Crippen LogP contribution in [0.1, 0.15) is 11.3 Å². The highest BCUT2D eigenvalue weighted by Crippen LogP contribution is 2.26. The Labute approximate surface area is 143 Å². The van der Waals surface area contributed by atoms with Crippen LogP contribution in [0.25, 0.3) is 16.9 Å². The van der Waals surface area contributed by atoms with Gasteiger partial charge >= 0.3 is 0 Å². The normalized spacial score (nSPS) is 11.0. The van der Waals surface area contributed by atoms with Crippen LogP contribution < -0.4 is 5.90 Å². The number of nitrogens with two attached hydrogens (primary N) is 1. The standard InChI is InChI=1S/C17H17N3O3S/c1-12-2-4-13(5-3-12)17-10-14(11-21)19-20(17)15-6-8-16(9-7-15)24-23-22-18/h2-10,21H,11,18H2,1H3. The van der Waals surface area contributed by atoms with Crippen LogP contribution in [0.5, 0.6) is 0 Å². The first-order valence-corrected chi connectivity index (χ1v) is 8.03. The lowest BCUT2D eigenvalue weighted by atomic mass is 10.1. The van der Waals surface area contributed by atoms with Crippen LogP contribution in [0.4, 0.5) is 0 Å². The van der Waals surface area contributed by atoms with Crippen molar-refractivity contribution in [3.8, 4) is 16.9 Å². The summed E-state index contributed by atoms with van der Waals surface area (Å²) in [6, 6.07) is 17.6. The number of aromatic nitrogens is 2. The van der Waals surface area contributed by atoms with Gasteiger partial charge in [-0.15, -0.1) is 9.32 Å². The zero-order chi connectivity index (χ0) is 16.9. The quantitative estimate of drug-likeness (QED) is 0.406. The summed E-state index contributed by atoms with van der Waals surface area (Å²) in [4.78, 5) is 4.93. The van der Waals surface area contributed by atoms with Crippen LogP contribution in [0.2, 0.25) is 0 Å². The average molecular weight is 343 g/mol. The molecular formula is C17H17N3O3S. The molecule has 0 atom stereocenters. The summed E-state index contributed by atoms with van der Waals surface area (Å²) in [5.74, 6) is 4.83. The lowest BCUT2D eigenvalue weighted by molar-refractivity contribution is -0.195. The Kier molecular flexibility index (Phi) is 5.29. The van der Waals surface area contributed by atoms with Crippen LogP contribution in [0.15, 0.2) is 59.5 Å². The summed E-state index contributed by atoms with van der Waals surface area (Å²) in [6.45, 7) is 1.94. The minimum absolute atomic E-state index is 0.110. The molecule has 6 nitrogen and oxygen atoms in total. The van der Waals surface area contributed by atoms with Crippen LogP contribution in [-0.4, -0.2) is 14.9 Å². The number of aryl methyl sites for hydroxylation is 1. The maximum atomic E-state index is 9.43. The molecule has 2 aromatic carbocycles. The number of nitrogens with zero attached hydrogens (tertiary/aromatic N) is 2. The number of hydrogen-bond donors (Lipinski definition) is 2. The number of rotatable bonds is 6. The van der Waals surface area contributed by atoms with Gasteiger partial charge in [0.05, 0.1) is 35.7 Å². The van der Waals surface area contributed by atoms with Crippen molar-refractivity contribution in [2.45, 2.75) is 18.4 Å². The van der Waals surface area contributed by atoms with Crippen LogP contribution in [0, 0.1) is 6.92 Å². The Morgan fingerprint density at radius 3 is 2.46 bits per heavy atom. The van der Waals surface area contributed by atoms with E-state index in [1.165, 1.54) is 5.56 Å². The van der Waals surface area contributed by atoms with Gasteiger partial charge in [-0.05, 0) is 37.3 Å². The third-order valence-corrected chi connectivity index (χ3v) is 4.13. The molecule has 0 saturated heterocycles. The largest absolute Gasteiger partial charge is 0.390 e. The molecule has 0 spiro atoms. The highest BCUT2D eigenvalue weighted by Gasteiger charge is 2.11. The molecular weight excluding hydrogens is 326 g/mol. The summed E-state index contributed by atoms with van der Waals surface area (Å²) in [6.07, 6.45) is 0. The van der Waals surface area contributed by atoms with Gasteiger partial charge in [0.2, 0.25) is 0 Å². The van der Waals surface area contributed by atoms with E-state index in [2.05, 4.69) is 26.6 Å². The average Bonchev–Trinajstić information content (AvgIpc) is 3.05. The molecule has 3 rings (SSSR count).